The van der Waals surface area contributed by atoms with E-state index in [0.717, 1.165) is 6.07 Å². The zero-order chi connectivity index (χ0) is 19.0. The lowest BCUT2D eigenvalue weighted by Gasteiger charge is -2.26. The number of aliphatic hydroxyl groups is 1. The van der Waals surface area contributed by atoms with Crippen molar-refractivity contribution in [1.29, 1.82) is 0 Å². The first-order valence-electron chi connectivity index (χ1n) is 7.35. The van der Waals surface area contributed by atoms with Gasteiger partial charge in [-0.3, -0.25) is 4.79 Å². The molecule has 3 N–H and O–H groups in total. The maximum absolute atomic E-state index is 12.3. The number of hydrogen-bond acceptors (Lipinski definition) is 7. The lowest BCUT2D eigenvalue weighted by atomic mass is 9.86. The van der Waals surface area contributed by atoms with Crippen molar-refractivity contribution in [3.05, 3.63) is 73.1 Å². The highest BCUT2D eigenvalue weighted by atomic mass is 35.5. The second-order valence-electron chi connectivity index (χ2n) is 5.41. The number of carbonyl (C=O) groups excluding carboxylic acids is 1. The Labute approximate surface area is 157 Å². The van der Waals surface area contributed by atoms with Gasteiger partial charge in [0.1, 0.15) is 17.9 Å². The molecular formula is C17H13Cl2NO6. The highest BCUT2D eigenvalue weighted by Gasteiger charge is 2.39. The molecule has 2 aromatic rings. The van der Waals surface area contributed by atoms with Crippen LogP contribution in [-0.2, 0) is 16.1 Å². The van der Waals surface area contributed by atoms with Gasteiger partial charge >= 0.3 is 5.97 Å². The fourth-order valence-corrected chi connectivity index (χ4v) is 3.00. The summed E-state index contributed by atoms with van der Waals surface area (Å²) in [4.78, 5) is 24.6. The van der Waals surface area contributed by atoms with Crippen LogP contribution in [0.15, 0.2) is 44.9 Å². The molecule has 0 amide bonds. The molecule has 3 rings (SSSR count). The number of benzene rings is 1. The van der Waals surface area contributed by atoms with Crippen molar-refractivity contribution in [3.63, 3.8) is 0 Å². The maximum atomic E-state index is 12.3. The normalized spacial score (nSPS) is 16.1. The van der Waals surface area contributed by atoms with E-state index in [-0.39, 0.29) is 33.7 Å². The predicted octanol–water partition coefficient (Wildman–Crippen LogP) is 2.31. The average molecular weight is 398 g/mol. The second kappa shape index (κ2) is 7.03. The third-order valence-electron chi connectivity index (χ3n) is 3.85. The minimum Gasteiger partial charge on any atom is -0.465 e. The monoisotopic (exact) mass is 397 g/mol. The molecule has 1 aliphatic rings. The summed E-state index contributed by atoms with van der Waals surface area (Å²) >= 11 is 12.0. The number of esters is 1. The summed E-state index contributed by atoms with van der Waals surface area (Å²) in [5, 5.41) is 9.88. The van der Waals surface area contributed by atoms with Gasteiger partial charge < -0.3 is 24.7 Å². The van der Waals surface area contributed by atoms with Crippen LogP contribution in [0.2, 0.25) is 10.0 Å². The molecule has 0 spiro atoms. The predicted molar refractivity (Wildman–Crippen MR) is 93.1 cm³/mol. The number of rotatable bonds is 3. The number of fused-ring (bicyclic) bond motifs is 1. The smallest absolute Gasteiger partial charge is 0.340 e. The molecule has 0 unspecified atom stereocenters. The Morgan fingerprint density at radius 3 is 2.65 bits per heavy atom. The van der Waals surface area contributed by atoms with Crippen LogP contribution in [0.4, 0.5) is 0 Å². The van der Waals surface area contributed by atoms with Gasteiger partial charge in [-0.05, 0) is 17.7 Å². The van der Waals surface area contributed by atoms with E-state index in [1.54, 1.807) is 6.07 Å². The highest BCUT2D eigenvalue weighted by molar-refractivity contribution is 6.42. The van der Waals surface area contributed by atoms with Crippen molar-refractivity contribution in [2.45, 2.75) is 12.5 Å². The Kier molecular flexibility index (Phi) is 4.95. The van der Waals surface area contributed by atoms with Gasteiger partial charge in [0, 0.05) is 6.07 Å². The molecule has 9 heteroatoms. The molecule has 0 fully saturated rings. The van der Waals surface area contributed by atoms with Gasteiger partial charge in [0.15, 0.2) is 5.76 Å². The van der Waals surface area contributed by atoms with E-state index in [1.165, 1.54) is 19.2 Å². The van der Waals surface area contributed by atoms with Crippen molar-refractivity contribution in [2.75, 3.05) is 7.11 Å². The number of nitrogens with two attached hydrogens (primary N) is 1. The highest BCUT2D eigenvalue weighted by Crippen LogP contribution is 2.42. The Balaban J connectivity index is 2.32. The number of carbonyl (C=O) groups is 1. The zero-order valence-corrected chi connectivity index (χ0v) is 14.9. The Bertz CT molecular complexity index is 982. The van der Waals surface area contributed by atoms with Crippen molar-refractivity contribution in [1.82, 2.24) is 0 Å². The van der Waals surface area contributed by atoms with Gasteiger partial charge in [-0.15, -0.1) is 0 Å². The van der Waals surface area contributed by atoms with Gasteiger partial charge in [0.05, 0.1) is 23.1 Å². The largest absolute Gasteiger partial charge is 0.465 e. The Morgan fingerprint density at radius 1 is 1.31 bits per heavy atom. The molecule has 1 atom stereocenters. The van der Waals surface area contributed by atoms with Gasteiger partial charge in [0.25, 0.3) is 0 Å². The average Bonchev–Trinajstić information content (AvgIpc) is 2.62. The molecule has 1 aliphatic heterocycles. The van der Waals surface area contributed by atoms with Crippen molar-refractivity contribution in [2.24, 2.45) is 5.73 Å². The number of methoxy groups -OCH3 is 1. The van der Waals surface area contributed by atoms with Gasteiger partial charge in [-0.1, -0.05) is 29.3 Å². The molecule has 2 heterocycles. The van der Waals surface area contributed by atoms with Crippen LogP contribution in [0.3, 0.4) is 0 Å². The van der Waals surface area contributed by atoms with E-state index in [9.17, 15) is 14.7 Å². The number of ether oxygens (including phenoxy) is 2. The van der Waals surface area contributed by atoms with Crippen molar-refractivity contribution >= 4 is 29.2 Å². The quantitative estimate of drug-likeness (QED) is 0.763. The topological polar surface area (TPSA) is 112 Å². The molecule has 0 saturated heterocycles. The summed E-state index contributed by atoms with van der Waals surface area (Å²) in [5.74, 6) is -2.14. The first kappa shape index (κ1) is 18.3. The summed E-state index contributed by atoms with van der Waals surface area (Å²) in [5.41, 5.74) is 5.74. The summed E-state index contributed by atoms with van der Waals surface area (Å²) in [6.45, 7) is -0.511. The molecule has 1 aromatic heterocycles. The molecule has 0 aliphatic carbocycles. The van der Waals surface area contributed by atoms with Crippen LogP contribution in [0.25, 0.3) is 0 Å². The summed E-state index contributed by atoms with van der Waals surface area (Å²) < 4.78 is 15.7. The number of hydrogen-bond donors (Lipinski definition) is 2. The lowest BCUT2D eigenvalue weighted by Crippen LogP contribution is -2.29. The molecule has 26 heavy (non-hydrogen) atoms. The van der Waals surface area contributed by atoms with Crippen molar-refractivity contribution < 1.29 is 23.8 Å². The Hall–Kier alpha value is -2.48. The second-order valence-corrected chi connectivity index (χ2v) is 6.22. The summed E-state index contributed by atoms with van der Waals surface area (Å²) in [6.07, 6.45) is 0. The van der Waals surface area contributed by atoms with E-state index < -0.39 is 23.9 Å². The molecule has 1 aromatic carbocycles. The van der Waals surface area contributed by atoms with E-state index in [2.05, 4.69) is 0 Å². The summed E-state index contributed by atoms with van der Waals surface area (Å²) in [7, 11) is 1.18. The minimum atomic E-state index is -0.930. The maximum Gasteiger partial charge on any atom is 0.340 e. The van der Waals surface area contributed by atoms with Gasteiger partial charge in [0.2, 0.25) is 17.1 Å². The number of aliphatic hydroxyl groups excluding tert-OH is 1. The molecule has 136 valence electrons. The molecule has 7 nitrogen and oxygen atoms in total. The molecule has 0 radical (unpaired) electrons. The van der Waals surface area contributed by atoms with Crippen molar-refractivity contribution in [3.8, 4) is 5.75 Å². The van der Waals surface area contributed by atoms with E-state index in [0.29, 0.717) is 10.6 Å². The molecule has 0 bridgehead atoms. The van der Waals surface area contributed by atoms with Gasteiger partial charge in [-0.2, -0.15) is 0 Å². The van der Waals surface area contributed by atoms with Crippen LogP contribution < -0.4 is 15.9 Å². The molecule has 0 saturated carbocycles. The SMILES string of the molecule is COC(=O)C1=C(N)Oc2c(oc(CO)cc2=O)[C@@H]1c1ccc(Cl)c(Cl)c1. The fraction of sp³-hybridized carbons (Fsp3) is 0.176. The van der Waals surface area contributed by atoms with Crippen LogP contribution in [0, 0.1) is 0 Å². The third kappa shape index (κ3) is 3.05. The molecular weight excluding hydrogens is 385 g/mol. The Morgan fingerprint density at radius 2 is 2.04 bits per heavy atom. The van der Waals surface area contributed by atoms with E-state index >= 15 is 0 Å². The third-order valence-corrected chi connectivity index (χ3v) is 4.59. The summed E-state index contributed by atoms with van der Waals surface area (Å²) in [6, 6.07) is 5.75. The van der Waals surface area contributed by atoms with E-state index in [4.69, 9.17) is 42.8 Å². The van der Waals surface area contributed by atoms with Crippen LogP contribution >= 0.6 is 23.2 Å². The lowest BCUT2D eigenvalue weighted by molar-refractivity contribution is -0.136. The van der Waals surface area contributed by atoms with Gasteiger partial charge in [-0.25, -0.2) is 4.79 Å². The first-order valence-corrected chi connectivity index (χ1v) is 8.11. The minimum absolute atomic E-state index is 0.00657. The zero-order valence-electron chi connectivity index (χ0n) is 13.4. The van der Waals surface area contributed by atoms with Crippen LogP contribution in [0.1, 0.15) is 23.0 Å². The fourth-order valence-electron chi connectivity index (χ4n) is 2.70. The van der Waals surface area contributed by atoms with Crippen LogP contribution in [-0.4, -0.2) is 18.2 Å². The van der Waals surface area contributed by atoms with Crippen LogP contribution in [0.5, 0.6) is 5.75 Å². The van der Waals surface area contributed by atoms with E-state index in [1.807, 2.05) is 0 Å². The number of halogens is 2. The first-order chi connectivity index (χ1) is 12.4. The standard InChI is InChI=1S/C17H13Cl2NO6/c1-24-17(23)13-12(7-2-3-9(18)10(19)4-7)15-14(26-16(13)20)11(22)5-8(6-21)25-15/h2-5,12,21H,6,20H2,1H3/t12-/m1/s1.